The summed E-state index contributed by atoms with van der Waals surface area (Å²) in [6, 6.07) is 67.4. The standard InChI is InChI=1S/C61H37N3O2/c1-60(2)46-20-10-6-18-39(46)43-30-35(25-28-47(43)60)58-62-57(34-14-4-3-5-15-34)63-59(64-58)36-24-26-42-53(31-36)66-52-29-27-41-44-32-45-40-19-9-13-23-51(40)65-54(45)33-50(44)61(56(41)55(42)52)48-21-11-7-16-37(48)38-17-8-12-22-49(38)61/h3-33H,1-2H3. The summed E-state index contributed by atoms with van der Waals surface area (Å²) in [5, 5.41) is 4.40. The molecular weight excluding hydrogens is 807 g/mol. The Labute approximate surface area is 379 Å². The van der Waals surface area contributed by atoms with Crippen molar-refractivity contribution in [3.63, 3.8) is 0 Å². The third-order valence-electron chi connectivity index (χ3n) is 14.9. The molecule has 0 atom stereocenters. The number of para-hydroxylation sites is 1. The van der Waals surface area contributed by atoms with Gasteiger partial charge in [-0.3, -0.25) is 0 Å². The summed E-state index contributed by atoms with van der Waals surface area (Å²) in [4.78, 5) is 15.5. The Hall–Kier alpha value is -8.41. The molecule has 66 heavy (non-hydrogen) atoms. The van der Waals surface area contributed by atoms with Crippen molar-refractivity contribution in [3.8, 4) is 67.5 Å². The second kappa shape index (κ2) is 12.6. The van der Waals surface area contributed by atoms with Crippen LogP contribution in [0.2, 0.25) is 0 Å². The maximum absolute atomic E-state index is 6.98. The monoisotopic (exact) mass is 843 g/mol. The molecule has 0 aliphatic heterocycles. The number of hydrogen-bond donors (Lipinski definition) is 0. The van der Waals surface area contributed by atoms with Crippen molar-refractivity contribution in [3.05, 3.63) is 221 Å². The largest absolute Gasteiger partial charge is 0.456 e. The molecule has 5 nitrogen and oxygen atoms in total. The zero-order valence-corrected chi connectivity index (χ0v) is 36.1. The van der Waals surface area contributed by atoms with Crippen molar-refractivity contribution < 1.29 is 8.83 Å². The Kier molecular flexibility index (Phi) is 6.90. The predicted octanol–water partition coefficient (Wildman–Crippen LogP) is 15.3. The molecule has 3 heterocycles. The van der Waals surface area contributed by atoms with Crippen molar-refractivity contribution >= 4 is 43.9 Å². The predicted molar refractivity (Wildman–Crippen MR) is 265 cm³/mol. The molecular formula is C61H37N3O2. The lowest BCUT2D eigenvalue weighted by molar-refractivity contribution is 0.660. The van der Waals surface area contributed by atoms with Crippen molar-refractivity contribution in [2.75, 3.05) is 0 Å². The van der Waals surface area contributed by atoms with E-state index >= 15 is 0 Å². The van der Waals surface area contributed by atoms with Gasteiger partial charge in [-0.15, -0.1) is 0 Å². The van der Waals surface area contributed by atoms with E-state index in [0.29, 0.717) is 17.5 Å². The quantitative estimate of drug-likeness (QED) is 0.177. The van der Waals surface area contributed by atoms with Crippen LogP contribution in [0.4, 0.5) is 0 Å². The highest BCUT2D eigenvalue weighted by Gasteiger charge is 2.53. The van der Waals surface area contributed by atoms with Gasteiger partial charge in [0.1, 0.15) is 22.3 Å². The molecule has 308 valence electrons. The second-order valence-electron chi connectivity index (χ2n) is 18.6. The first-order valence-corrected chi connectivity index (χ1v) is 22.7. The van der Waals surface area contributed by atoms with Crippen LogP contribution in [0, 0.1) is 0 Å². The van der Waals surface area contributed by atoms with E-state index in [-0.39, 0.29) is 5.41 Å². The molecule has 0 amide bonds. The first-order valence-electron chi connectivity index (χ1n) is 22.7. The minimum atomic E-state index is -0.612. The van der Waals surface area contributed by atoms with Gasteiger partial charge >= 0.3 is 0 Å². The van der Waals surface area contributed by atoms with Gasteiger partial charge < -0.3 is 8.83 Å². The summed E-state index contributed by atoms with van der Waals surface area (Å²) in [6.07, 6.45) is 0. The Balaban J connectivity index is 0.959. The van der Waals surface area contributed by atoms with Crippen LogP contribution < -0.4 is 0 Å². The number of nitrogens with zero attached hydrogens (tertiary/aromatic N) is 3. The fourth-order valence-electron chi connectivity index (χ4n) is 12.1. The van der Waals surface area contributed by atoms with Crippen molar-refractivity contribution in [1.82, 2.24) is 15.0 Å². The minimum absolute atomic E-state index is 0.0975. The normalized spacial score (nSPS) is 14.5. The molecule has 0 bridgehead atoms. The van der Waals surface area contributed by atoms with E-state index in [9.17, 15) is 0 Å². The third kappa shape index (κ3) is 4.56. The van der Waals surface area contributed by atoms with Crippen LogP contribution in [-0.2, 0) is 10.8 Å². The SMILES string of the molecule is CC1(C)c2ccccc2-c2cc(-c3nc(-c4ccccc4)nc(-c4ccc5c(c4)oc4ccc6c(c45)C4(c5ccccc5-c5ccccc54)c4cc5oc7ccccc7c5cc4-6)n3)ccc21. The van der Waals surface area contributed by atoms with Crippen LogP contribution in [0.1, 0.15) is 47.2 Å². The summed E-state index contributed by atoms with van der Waals surface area (Å²) in [5.41, 5.74) is 20.5. The summed E-state index contributed by atoms with van der Waals surface area (Å²) in [5.74, 6) is 1.84. The molecule has 1 spiro atoms. The number of fused-ring (bicyclic) bond motifs is 20. The Morgan fingerprint density at radius 1 is 0.333 bits per heavy atom. The molecule has 15 rings (SSSR count). The number of furan rings is 2. The zero-order valence-electron chi connectivity index (χ0n) is 36.1. The molecule has 9 aromatic carbocycles. The first-order chi connectivity index (χ1) is 32.4. The highest BCUT2D eigenvalue weighted by molar-refractivity contribution is 6.16. The van der Waals surface area contributed by atoms with E-state index in [4.69, 9.17) is 23.8 Å². The van der Waals surface area contributed by atoms with E-state index in [1.165, 1.54) is 66.8 Å². The van der Waals surface area contributed by atoms with Crippen LogP contribution in [-0.4, -0.2) is 15.0 Å². The molecule has 0 radical (unpaired) electrons. The third-order valence-corrected chi connectivity index (χ3v) is 14.9. The fraction of sp³-hybridized carbons (Fsp3) is 0.0656. The van der Waals surface area contributed by atoms with Crippen molar-refractivity contribution in [2.24, 2.45) is 0 Å². The smallest absolute Gasteiger partial charge is 0.164 e. The first kappa shape index (κ1) is 36.0. The van der Waals surface area contributed by atoms with Crippen LogP contribution in [0.15, 0.2) is 197 Å². The van der Waals surface area contributed by atoms with Gasteiger partial charge in [0.05, 0.1) is 5.41 Å². The van der Waals surface area contributed by atoms with Crippen molar-refractivity contribution in [2.45, 2.75) is 24.7 Å². The lowest BCUT2D eigenvalue weighted by Crippen LogP contribution is -2.26. The molecule has 0 saturated heterocycles. The van der Waals surface area contributed by atoms with Crippen molar-refractivity contribution in [1.29, 1.82) is 0 Å². The molecule has 0 saturated carbocycles. The van der Waals surface area contributed by atoms with E-state index < -0.39 is 5.41 Å². The van der Waals surface area contributed by atoms with Crippen LogP contribution in [0.5, 0.6) is 0 Å². The average Bonchev–Trinajstić information content (AvgIpc) is 4.14. The number of hydrogen-bond acceptors (Lipinski definition) is 5. The summed E-state index contributed by atoms with van der Waals surface area (Å²) in [7, 11) is 0. The molecule has 0 unspecified atom stereocenters. The maximum atomic E-state index is 6.98. The number of benzene rings is 9. The van der Waals surface area contributed by atoms with E-state index in [1.54, 1.807) is 0 Å². The summed E-state index contributed by atoms with van der Waals surface area (Å²) >= 11 is 0. The number of rotatable bonds is 3. The molecule has 0 fully saturated rings. The van der Waals surface area contributed by atoms with Gasteiger partial charge in [0.2, 0.25) is 0 Å². The molecule has 12 aromatic rings. The molecule has 0 N–H and O–H groups in total. The topological polar surface area (TPSA) is 65.0 Å². The lowest BCUT2D eigenvalue weighted by Gasteiger charge is -2.31. The van der Waals surface area contributed by atoms with Gasteiger partial charge in [0.25, 0.3) is 0 Å². The molecule has 3 aliphatic carbocycles. The lowest BCUT2D eigenvalue weighted by atomic mass is 9.69. The van der Waals surface area contributed by atoms with E-state index in [1.807, 2.05) is 24.3 Å². The molecule has 3 aliphatic rings. The second-order valence-corrected chi connectivity index (χ2v) is 18.6. The van der Waals surface area contributed by atoms with Crippen LogP contribution in [0.3, 0.4) is 0 Å². The maximum Gasteiger partial charge on any atom is 0.164 e. The van der Waals surface area contributed by atoms with E-state index in [2.05, 4.69) is 178 Å². The van der Waals surface area contributed by atoms with Crippen LogP contribution in [0.25, 0.3) is 111 Å². The van der Waals surface area contributed by atoms with Crippen LogP contribution >= 0.6 is 0 Å². The van der Waals surface area contributed by atoms with E-state index in [0.717, 1.165) is 60.6 Å². The summed E-state index contributed by atoms with van der Waals surface area (Å²) < 4.78 is 13.6. The minimum Gasteiger partial charge on any atom is -0.456 e. The van der Waals surface area contributed by atoms with Gasteiger partial charge in [-0.2, -0.15) is 0 Å². The van der Waals surface area contributed by atoms with Gasteiger partial charge in [0.15, 0.2) is 17.5 Å². The zero-order chi connectivity index (χ0) is 43.5. The highest BCUT2D eigenvalue weighted by Crippen LogP contribution is 2.65. The Bertz CT molecular complexity index is 4050. The van der Waals surface area contributed by atoms with Gasteiger partial charge in [-0.1, -0.05) is 159 Å². The highest BCUT2D eigenvalue weighted by atomic mass is 16.3. The van der Waals surface area contributed by atoms with Gasteiger partial charge in [0, 0.05) is 43.7 Å². The average molecular weight is 844 g/mol. The Morgan fingerprint density at radius 2 is 0.894 bits per heavy atom. The summed E-state index contributed by atoms with van der Waals surface area (Å²) in [6.45, 7) is 4.61. The molecule has 3 aromatic heterocycles. The molecule has 5 heteroatoms. The van der Waals surface area contributed by atoms with Gasteiger partial charge in [-0.05, 0) is 109 Å². The number of aromatic nitrogens is 3. The van der Waals surface area contributed by atoms with Gasteiger partial charge in [-0.25, -0.2) is 15.0 Å². The fourth-order valence-corrected chi connectivity index (χ4v) is 12.1. The Morgan fingerprint density at radius 3 is 1.65 bits per heavy atom.